The molecule has 1 aliphatic rings. The van der Waals surface area contributed by atoms with Gasteiger partial charge in [0.1, 0.15) is 18.1 Å². The molecule has 2 rings (SSSR count). The van der Waals surface area contributed by atoms with Crippen molar-refractivity contribution in [3.05, 3.63) is 18.2 Å². The Kier molecular flexibility index (Phi) is 8.51. The molecule has 31 heavy (non-hydrogen) atoms. The van der Waals surface area contributed by atoms with Crippen LogP contribution >= 0.6 is 0 Å². The van der Waals surface area contributed by atoms with Crippen molar-refractivity contribution >= 4 is 23.7 Å². The maximum Gasteiger partial charge on any atom is 0.328 e. The van der Waals surface area contributed by atoms with E-state index in [9.17, 15) is 19.2 Å². The topological polar surface area (TPSA) is 191 Å². The fourth-order valence-corrected chi connectivity index (χ4v) is 3.47. The Bertz CT molecular complexity index is 783. The quantitative estimate of drug-likeness (QED) is 0.241. The van der Waals surface area contributed by atoms with Gasteiger partial charge in [-0.1, -0.05) is 13.8 Å². The van der Waals surface area contributed by atoms with E-state index in [1.807, 2.05) is 0 Å². The number of imidazole rings is 1. The Hall–Kier alpha value is -2.99. The van der Waals surface area contributed by atoms with Gasteiger partial charge in [-0.25, -0.2) is 9.78 Å². The highest BCUT2D eigenvalue weighted by atomic mass is 16.4. The van der Waals surface area contributed by atoms with Gasteiger partial charge in [-0.3, -0.25) is 14.4 Å². The molecule has 12 heteroatoms. The normalized spacial score (nSPS) is 19.0. The zero-order chi connectivity index (χ0) is 23.1. The molecule has 4 atom stereocenters. The summed E-state index contributed by atoms with van der Waals surface area (Å²) in [6, 6.07) is -4.13. The number of H-pyrrole nitrogens is 1. The number of aliphatic carboxylic acids is 1. The Morgan fingerprint density at radius 2 is 2.03 bits per heavy atom. The summed E-state index contributed by atoms with van der Waals surface area (Å²) < 4.78 is 0. The molecule has 0 bridgehead atoms. The highest BCUT2D eigenvalue weighted by molar-refractivity contribution is 5.94. The van der Waals surface area contributed by atoms with Gasteiger partial charge in [0, 0.05) is 24.9 Å². The standard InChI is InChI=1S/C19H30N6O6/c1-10(2)15(17(28)23-13(8-26)19(30)31)24-16(27)14-4-3-5-25(14)18(29)12(20)6-11-7-21-9-22-11/h7,9-10,12-15,26H,3-6,8,20H2,1-2H3,(H,21,22)(H,23,28)(H,24,27)(H,30,31). The van der Waals surface area contributed by atoms with Crippen LogP contribution in [0.2, 0.25) is 0 Å². The summed E-state index contributed by atoms with van der Waals surface area (Å²) >= 11 is 0. The third kappa shape index (κ3) is 6.25. The Labute approximate surface area is 179 Å². The van der Waals surface area contributed by atoms with Crippen molar-refractivity contribution in [1.82, 2.24) is 25.5 Å². The SMILES string of the molecule is CC(C)C(NC(=O)C1CCCN1C(=O)C(N)Cc1cnc[nH]1)C(=O)NC(CO)C(=O)O. The molecule has 3 amide bonds. The van der Waals surface area contributed by atoms with Crippen molar-refractivity contribution in [1.29, 1.82) is 0 Å². The molecule has 1 saturated heterocycles. The molecule has 1 aromatic rings. The number of carbonyl (C=O) groups is 4. The van der Waals surface area contributed by atoms with Crippen LogP contribution in [0.5, 0.6) is 0 Å². The van der Waals surface area contributed by atoms with Crippen LogP contribution in [0.3, 0.4) is 0 Å². The minimum atomic E-state index is -1.48. The van der Waals surface area contributed by atoms with Gasteiger partial charge in [0.05, 0.1) is 19.0 Å². The average Bonchev–Trinajstić information content (AvgIpc) is 3.40. The van der Waals surface area contributed by atoms with Crippen molar-refractivity contribution in [3.63, 3.8) is 0 Å². The molecule has 1 aromatic heterocycles. The number of carbonyl (C=O) groups excluding carboxylic acids is 3. The van der Waals surface area contributed by atoms with E-state index in [1.165, 1.54) is 11.2 Å². The highest BCUT2D eigenvalue weighted by Crippen LogP contribution is 2.19. The summed E-state index contributed by atoms with van der Waals surface area (Å²) in [6.45, 7) is 2.98. The summed E-state index contributed by atoms with van der Waals surface area (Å²) in [7, 11) is 0. The number of carboxylic acids is 1. The average molecular weight is 438 g/mol. The number of rotatable bonds is 10. The van der Waals surface area contributed by atoms with Crippen LogP contribution in [0, 0.1) is 5.92 Å². The number of likely N-dealkylation sites (tertiary alicyclic amines) is 1. The van der Waals surface area contributed by atoms with Gasteiger partial charge >= 0.3 is 5.97 Å². The van der Waals surface area contributed by atoms with Gasteiger partial charge in [-0.05, 0) is 18.8 Å². The first kappa shape index (κ1) is 24.3. The first-order chi connectivity index (χ1) is 14.6. The Balaban J connectivity index is 2.04. The number of aromatic amines is 1. The van der Waals surface area contributed by atoms with E-state index >= 15 is 0 Å². The molecule has 12 nitrogen and oxygen atoms in total. The zero-order valence-corrected chi connectivity index (χ0v) is 17.6. The molecule has 1 aliphatic heterocycles. The smallest absolute Gasteiger partial charge is 0.328 e. The fraction of sp³-hybridized carbons (Fsp3) is 0.632. The second-order valence-electron chi connectivity index (χ2n) is 7.89. The zero-order valence-electron chi connectivity index (χ0n) is 17.6. The first-order valence-electron chi connectivity index (χ1n) is 10.1. The molecule has 7 N–H and O–H groups in total. The van der Waals surface area contributed by atoms with Crippen LogP contribution in [-0.4, -0.2) is 86.1 Å². The molecule has 0 spiro atoms. The predicted octanol–water partition coefficient (Wildman–Crippen LogP) is -2.03. The number of aliphatic hydroxyl groups excluding tert-OH is 1. The van der Waals surface area contributed by atoms with E-state index in [0.717, 1.165) is 0 Å². The monoisotopic (exact) mass is 438 g/mol. The fourth-order valence-electron chi connectivity index (χ4n) is 3.47. The van der Waals surface area contributed by atoms with E-state index in [4.69, 9.17) is 15.9 Å². The summed E-state index contributed by atoms with van der Waals surface area (Å²) in [5.41, 5.74) is 6.74. The predicted molar refractivity (Wildman–Crippen MR) is 108 cm³/mol. The minimum Gasteiger partial charge on any atom is -0.480 e. The largest absolute Gasteiger partial charge is 0.480 e. The van der Waals surface area contributed by atoms with E-state index < -0.39 is 48.6 Å². The van der Waals surface area contributed by atoms with Gasteiger partial charge in [0.25, 0.3) is 0 Å². The van der Waals surface area contributed by atoms with E-state index in [0.29, 0.717) is 25.1 Å². The van der Waals surface area contributed by atoms with Gasteiger partial charge in [0.15, 0.2) is 0 Å². The van der Waals surface area contributed by atoms with Crippen molar-refractivity contribution < 1.29 is 29.4 Å². The van der Waals surface area contributed by atoms with Crippen molar-refractivity contribution in [3.8, 4) is 0 Å². The summed E-state index contributed by atoms with van der Waals surface area (Å²) in [6.07, 6.45) is 4.35. The number of nitrogens with one attached hydrogen (secondary N) is 3. The molecule has 1 fully saturated rings. The molecule has 0 aromatic carbocycles. The van der Waals surface area contributed by atoms with Crippen LogP contribution in [0.15, 0.2) is 12.5 Å². The highest BCUT2D eigenvalue weighted by Gasteiger charge is 2.38. The number of aliphatic hydroxyl groups is 1. The minimum absolute atomic E-state index is 0.248. The molecular formula is C19H30N6O6. The van der Waals surface area contributed by atoms with Gasteiger partial charge in [0.2, 0.25) is 17.7 Å². The lowest BCUT2D eigenvalue weighted by Crippen LogP contribution is -2.58. The van der Waals surface area contributed by atoms with Crippen LogP contribution in [0.1, 0.15) is 32.4 Å². The molecule has 172 valence electrons. The number of aromatic nitrogens is 2. The van der Waals surface area contributed by atoms with Crippen LogP contribution < -0.4 is 16.4 Å². The number of hydrogen-bond donors (Lipinski definition) is 6. The lowest BCUT2D eigenvalue weighted by Gasteiger charge is -2.29. The van der Waals surface area contributed by atoms with E-state index in [2.05, 4.69) is 20.6 Å². The number of nitrogens with two attached hydrogens (primary N) is 1. The molecular weight excluding hydrogens is 408 g/mol. The maximum atomic E-state index is 12.9. The number of hydrogen-bond acceptors (Lipinski definition) is 7. The molecule has 2 heterocycles. The lowest BCUT2D eigenvalue weighted by molar-refractivity contribution is -0.144. The van der Waals surface area contributed by atoms with Gasteiger partial charge in [-0.2, -0.15) is 0 Å². The van der Waals surface area contributed by atoms with Gasteiger partial charge in [-0.15, -0.1) is 0 Å². The molecule has 0 radical (unpaired) electrons. The molecule has 0 aliphatic carbocycles. The van der Waals surface area contributed by atoms with Crippen molar-refractivity contribution in [2.75, 3.05) is 13.2 Å². The third-order valence-corrected chi connectivity index (χ3v) is 5.19. The Morgan fingerprint density at radius 3 is 2.58 bits per heavy atom. The second-order valence-corrected chi connectivity index (χ2v) is 7.89. The summed E-state index contributed by atoms with van der Waals surface area (Å²) in [5, 5.41) is 23.0. The molecule has 0 saturated carbocycles. The second kappa shape index (κ2) is 10.9. The Morgan fingerprint density at radius 1 is 1.32 bits per heavy atom. The van der Waals surface area contributed by atoms with Crippen molar-refractivity contribution in [2.24, 2.45) is 11.7 Å². The maximum absolute atomic E-state index is 12.9. The van der Waals surface area contributed by atoms with Crippen LogP contribution in [0.25, 0.3) is 0 Å². The molecule has 4 unspecified atom stereocenters. The third-order valence-electron chi connectivity index (χ3n) is 5.19. The van der Waals surface area contributed by atoms with Crippen LogP contribution in [-0.2, 0) is 25.6 Å². The number of nitrogens with zero attached hydrogens (tertiary/aromatic N) is 2. The summed E-state index contributed by atoms with van der Waals surface area (Å²) in [5.74, 6) is -3.35. The van der Waals surface area contributed by atoms with Crippen molar-refractivity contribution in [2.45, 2.75) is 57.3 Å². The van der Waals surface area contributed by atoms with E-state index in [1.54, 1.807) is 20.0 Å². The van der Waals surface area contributed by atoms with Crippen LogP contribution in [0.4, 0.5) is 0 Å². The van der Waals surface area contributed by atoms with Gasteiger partial charge < -0.3 is 36.5 Å². The number of amides is 3. The lowest BCUT2D eigenvalue weighted by atomic mass is 10.0. The first-order valence-corrected chi connectivity index (χ1v) is 10.1. The summed E-state index contributed by atoms with van der Waals surface area (Å²) in [4.78, 5) is 57.5. The number of carboxylic acid groups (broad SMARTS) is 1. The van der Waals surface area contributed by atoms with E-state index in [-0.39, 0.29) is 18.2 Å².